The SMILES string of the molecule is CCCCC(C(=O)C(=O)OCC)P(=O)(OCC)OCC. The Balaban J connectivity index is 5.22. The minimum atomic E-state index is -3.64. The minimum Gasteiger partial charge on any atom is -0.460 e. The van der Waals surface area contributed by atoms with Gasteiger partial charge in [-0.1, -0.05) is 19.8 Å². The Kier molecular flexibility index (Phi) is 9.72. The first kappa shape index (κ1) is 19.3. The van der Waals surface area contributed by atoms with E-state index in [-0.39, 0.29) is 26.2 Å². The predicted octanol–water partition coefficient (Wildman–Crippen LogP) is 2.94. The Morgan fingerprint density at radius 3 is 1.95 bits per heavy atom. The Morgan fingerprint density at radius 2 is 1.55 bits per heavy atom. The van der Waals surface area contributed by atoms with Crippen molar-refractivity contribution < 1.29 is 27.9 Å². The molecule has 0 spiro atoms. The summed E-state index contributed by atoms with van der Waals surface area (Å²) in [5, 5.41) is 0. The summed E-state index contributed by atoms with van der Waals surface area (Å²) in [7, 11) is -3.64. The molecule has 0 aliphatic carbocycles. The van der Waals surface area contributed by atoms with Gasteiger partial charge in [0.1, 0.15) is 5.66 Å². The monoisotopic (exact) mass is 308 g/mol. The molecular weight excluding hydrogens is 283 g/mol. The van der Waals surface area contributed by atoms with Crippen molar-refractivity contribution >= 4 is 19.3 Å². The molecular formula is C13H25O6P. The molecule has 0 radical (unpaired) electrons. The summed E-state index contributed by atoms with van der Waals surface area (Å²) in [6, 6.07) is 0. The molecule has 0 aromatic rings. The zero-order chi connectivity index (χ0) is 15.6. The van der Waals surface area contributed by atoms with Crippen LogP contribution in [-0.4, -0.2) is 37.2 Å². The lowest BCUT2D eigenvalue weighted by Gasteiger charge is -2.24. The van der Waals surface area contributed by atoms with Gasteiger partial charge in [0.25, 0.3) is 5.78 Å². The highest BCUT2D eigenvalue weighted by atomic mass is 31.2. The molecule has 20 heavy (non-hydrogen) atoms. The van der Waals surface area contributed by atoms with Crippen LogP contribution < -0.4 is 0 Å². The van der Waals surface area contributed by atoms with Crippen molar-refractivity contribution in [2.45, 2.75) is 52.6 Å². The average molecular weight is 308 g/mol. The summed E-state index contributed by atoms with van der Waals surface area (Å²) in [6.07, 6.45) is 1.75. The van der Waals surface area contributed by atoms with Crippen molar-refractivity contribution in [3.05, 3.63) is 0 Å². The molecule has 1 unspecified atom stereocenters. The molecule has 0 rings (SSSR count). The second-order valence-corrected chi connectivity index (χ2v) is 6.34. The largest absolute Gasteiger partial charge is 0.460 e. The average Bonchev–Trinajstić information content (AvgIpc) is 2.39. The number of ketones is 1. The maximum Gasteiger partial charge on any atom is 0.375 e. The highest BCUT2D eigenvalue weighted by molar-refractivity contribution is 7.56. The fourth-order valence-corrected chi connectivity index (χ4v) is 3.79. The van der Waals surface area contributed by atoms with Gasteiger partial charge < -0.3 is 13.8 Å². The van der Waals surface area contributed by atoms with Gasteiger partial charge in [0.2, 0.25) is 0 Å². The number of hydrogen-bond acceptors (Lipinski definition) is 6. The molecule has 1 atom stereocenters. The molecule has 0 fully saturated rings. The second kappa shape index (κ2) is 10.1. The third-order valence-corrected chi connectivity index (χ3v) is 5.10. The van der Waals surface area contributed by atoms with Gasteiger partial charge in [0, 0.05) is 0 Å². The van der Waals surface area contributed by atoms with Crippen LogP contribution in [0.2, 0.25) is 0 Å². The van der Waals surface area contributed by atoms with Crippen molar-refractivity contribution in [2.24, 2.45) is 0 Å². The summed E-state index contributed by atoms with van der Waals surface area (Å²) in [6.45, 7) is 7.27. The lowest BCUT2D eigenvalue weighted by molar-refractivity contribution is -0.153. The summed E-state index contributed by atoms with van der Waals surface area (Å²) in [4.78, 5) is 23.7. The molecule has 0 amide bonds. The topological polar surface area (TPSA) is 78.9 Å². The molecule has 0 N–H and O–H groups in total. The number of carbonyl (C=O) groups is 2. The Hall–Kier alpha value is -0.710. The number of hydrogen-bond donors (Lipinski definition) is 0. The van der Waals surface area contributed by atoms with E-state index in [0.29, 0.717) is 6.42 Å². The van der Waals surface area contributed by atoms with E-state index in [0.717, 1.165) is 6.42 Å². The highest BCUT2D eigenvalue weighted by Crippen LogP contribution is 2.55. The molecule has 0 aromatic carbocycles. The van der Waals surface area contributed by atoms with Gasteiger partial charge in [-0.2, -0.15) is 0 Å². The summed E-state index contributed by atoms with van der Waals surface area (Å²) >= 11 is 0. The lowest BCUT2D eigenvalue weighted by atomic mass is 10.1. The zero-order valence-corrected chi connectivity index (χ0v) is 13.6. The number of carbonyl (C=O) groups excluding carboxylic acids is 2. The summed E-state index contributed by atoms with van der Waals surface area (Å²) in [5.41, 5.74) is -1.08. The van der Waals surface area contributed by atoms with E-state index in [9.17, 15) is 14.2 Å². The fourth-order valence-electron chi connectivity index (χ4n) is 1.75. The normalized spacial score (nSPS) is 13.0. The smallest absolute Gasteiger partial charge is 0.375 e. The van der Waals surface area contributed by atoms with Crippen molar-refractivity contribution in [1.29, 1.82) is 0 Å². The minimum absolute atomic E-state index is 0.0959. The van der Waals surface area contributed by atoms with Crippen LogP contribution in [0.15, 0.2) is 0 Å². The second-order valence-electron chi connectivity index (χ2n) is 4.12. The molecule has 0 heterocycles. The van der Waals surface area contributed by atoms with Crippen LogP contribution in [0, 0.1) is 0 Å². The lowest BCUT2D eigenvalue weighted by Crippen LogP contribution is -2.31. The van der Waals surface area contributed by atoms with E-state index in [4.69, 9.17) is 13.8 Å². The van der Waals surface area contributed by atoms with E-state index in [1.165, 1.54) is 0 Å². The van der Waals surface area contributed by atoms with Crippen LogP contribution >= 0.6 is 7.60 Å². The molecule has 0 saturated heterocycles. The van der Waals surface area contributed by atoms with E-state index in [1.54, 1.807) is 20.8 Å². The van der Waals surface area contributed by atoms with Gasteiger partial charge in [-0.05, 0) is 27.2 Å². The zero-order valence-electron chi connectivity index (χ0n) is 12.7. The van der Waals surface area contributed by atoms with Gasteiger partial charge in [0.15, 0.2) is 0 Å². The predicted molar refractivity (Wildman–Crippen MR) is 75.8 cm³/mol. The first-order valence-corrected chi connectivity index (χ1v) is 8.67. The molecule has 0 saturated carbocycles. The third-order valence-electron chi connectivity index (χ3n) is 2.61. The van der Waals surface area contributed by atoms with E-state index < -0.39 is 25.0 Å². The number of esters is 1. The molecule has 0 aliphatic rings. The fraction of sp³-hybridized carbons (Fsp3) is 0.846. The molecule has 6 nitrogen and oxygen atoms in total. The number of unbranched alkanes of at least 4 members (excludes halogenated alkanes) is 1. The number of Topliss-reactive ketones (excluding diaryl/α,β-unsaturated/α-hetero) is 1. The Labute approximate surface area is 120 Å². The van der Waals surface area contributed by atoms with Crippen molar-refractivity contribution in [1.82, 2.24) is 0 Å². The van der Waals surface area contributed by atoms with Crippen LogP contribution in [0.3, 0.4) is 0 Å². The van der Waals surface area contributed by atoms with Crippen molar-refractivity contribution in [2.75, 3.05) is 19.8 Å². The number of ether oxygens (including phenoxy) is 1. The quantitative estimate of drug-likeness (QED) is 0.332. The van der Waals surface area contributed by atoms with Crippen LogP contribution in [0.1, 0.15) is 47.0 Å². The Morgan fingerprint density at radius 1 is 1.00 bits per heavy atom. The van der Waals surface area contributed by atoms with Gasteiger partial charge in [0.05, 0.1) is 19.8 Å². The van der Waals surface area contributed by atoms with Crippen LogP contribution in [-0.2, 0) is 27.9 Å². The molecule has 0 bridgehead atoms. The van der Waals surface area contributed by atoms with E-state index in [2.05, 4.69) is 0 Å². The highest BCUT2D eigenvalue weighted by Gasteiger charge is 2.43. The molecule has 7 heteroatoms. The Bertz CT molecular complexity index is 345. The van der Waals surface area contributed by atoms with Crippen LogP contribution in [0.5, 0.6) is 0 Å². The standard InChI is InChI=1S/C13H25O6P/c1-5-9-10-11(12(14)13(15)17-6-2)20(16,18-7-3)19-8-4/h11H,5-10H2,1-4H3. The molecule has 0 aliphatic heterocycles. The third kappa shape index (κ3) is 5.73. The van der Waals surface area contributed by atoms with Gasteiger partial charge in [-0.15, -0.1) is 0 Å². The van der Waals surface area contributed by atoms with Crippen molar-refractivity contribution in [3.8, 4) is 0 Å². The van der Waals surface area contributed by atoms with Crippen molar-refractivity contribution in [3.63, 3.8) is 0 Å². The van der Waals surface area contributed by atoms with Gasteiger partial charge in [-0.25, -0.2) is 4.79 Å². The van der Waals surface area contributed by atoms with E-state index >= 15 is 0 Å². The number of rotatable bonds is 11. The maximum atomic E-state index is 12.7. The van der Waals surface area contributed by atoms with Gasteiger partial charge in [-0.3, -0.25) is 9.36 Å². The first-order chi connectivity index (χ1) is 9.46. The first-order valence-electron chi connectivity index (χ1n) is 7.06. The maximum absolute atomic E-state index is 12.7. The molecule has 118 valence electrons. The van der Waals surface area contributed by atoms with E-state index in [1.807, 2.05) is 6.92 Å². The van der Waals surface area contributed by atoms with Gasteiger partial charge >= 0.3 is 13.6 Å². The van der Waals surface area contributed by atoms with Crippen LogP contribution in [0.25, 0.3) is 0 Å². The molecule has 0 aromatic heterocycles. The summed E-state index contributed by atoms with van der Waals surface area (Å²) < 4.78 is 27.8. The summed E-state index contributed by atoms with van der Waals surface area (Å²) in [5.74, 6) is -1.81. The van der Waals surface area contributed by atoms with Crippen LogP contribution in [0.4, 0.5) is 0 Å².